The average Bonchev–Trinajstić information content (AvgIpc) is 3.46. The second-order valence-corrected chi connectivity index (χ2v) is 7.99. The molecule has 0 unspecified atom stereocenters. The van der Waals surface area contributed by atoms with E-state index in [1.807, 2.05) is 84.9 Å². The van der Waals surface area contributed by atoms with Crippen molar-refractivity contribution in [3.63, 3.8) is 0 Å². The molecular formula is C26H18N2O2S. The Bertz CT molecular complexity index is 1350. The third kappa shape index (κ3) is 4.32. The molecule has 0 saturated carbocycles. The van der Waals surface area contributed by atoms with Crippen LogP contribution in [0.25, 0.3) is 38.2 Å². The first-order valence-corrected chi connectivity index (χ1v) is 10.7. The Morgan fingerprint density at radius 2 is 1.68 bits per heavy atom. The van der Waals surface area contributed by atoms with Crippen molar-refractivity contribution in [2.45, 2.75) is 0 Å². The van der Waals surface area contributed by atoms with E-state index in [0.29, 0.717) is 5.76 Å². The van der Waals surface area contributed by atoms with Gasteiger partial charge in [-0.1, -0.05) is 54.6 Å². The second kappa shape index (κ2) is 8.42. The molecule has 31 heavy (non-hydrogen) atoms. The minimum absolute atomic E-state index is 0.223. The van der Waals surface area contributed by atoms with Crippen molar-refractivity contribution in [3.8, 4) is 21.9 Å². The molecule has 0 fully saturated rings. The van der Waals surface area contributed by atoms with Crippen LogP contribution in [0, 0.1) is 0 Å². The van der Waals surface area contributed by atoms with Gasteiger partial charge in [0.15, 0.2) is 0 Å². The first-order valence-electron chi connectivity index (χ1n) is 9.85. The van der Waals surface area contributed by atoms with Crippen molar-refractivity contribution in [2.24, 2.45) is 0 Å². The van der Waals surface area contributed by atoms with Gasteiger partial charge in [0.2, 0.25) is 5.91 Å². The largest absolute Gasteiger partial charge is 0.457 e. The lowest BCUT2D eigenvalue weighted by atomic mass is 10.2. The van der Waals surface area contributed by atoms with Gasteiger partial charge in [-0.2, -0.15) is 0 Å². The number of amides is 1. The number of nitrogens with zero attached hydrogens (tertiary/aromatic N) is 1. The van der Waals surface area contributed by atoms with Crippen molar-refractivity contribution < 1.29 is 9.21 Å². The number of carbonyl (C=O) groups excluding carboxylic acids is 1. The highest BCUT2D eigenvalue weighted by Crippen LogP contribution is 2.31. The standard InChI is InChI=1S/C26H18N2O2S/c29-25(16-14-21-13-15-23(30-21)18-7-2-1-3-8-18)27-20-10-6-9-19(17-20)26-28-22-11-4-5-12-24(22)31-26/h1-17H,(H,27,29). The summed E-state index contributed by atoms with van der Waals surface area (Å²) in [7, 11) is 0. The van der Waals surface area contributed by atoms with E-state index < -0.39 is 0 Å². The van der Waals surface area contributed by atoms with Crippen LogP contribution in [0.4, 0.5) is 5.69 Å². The lowest BCUT2D eigenvalue weighted by Crippen LogP contribution is -2.07. The average molecular weight is 423 g/mol. The Kier molecular flexibility index (Phi) is 5.17. The number of carbonyl (C=O) groups is 1. The number of aromatic nitrogens is 1. The number of hydrogen-bond donors (Lipinski definition) is 1. The summed E-state index contributed by atoms with van der Waals surface area (Å²) in [4.78, 5) is 17.1. The quantitative estimate of drug-likeness (QED) is 0.314. The van der Waals surface area contributed by atoms with Gasteiger partial charge in [0.25, 0.3) is 0 Å². The van der Waals surface area contributed by atoms with Crippen molar-refractivity contribution in [1.82, 2.24) is 4.98 Å². The van der Waals surface area contributed by atoms with Gasteiger partial charge in [0.1, 0.15) is 16.5 Å². The molecule has 5 heteroatoms. The minimum atomic E-state index is -0.223. The van der Waals surface area contributed by atoms with Crippen molar-refractivity contribution in [1.29, 1.82) is 0 Å². The fourth-order valence-electron chi connectivity index (χ4n) is 3.27. The van der Waals surface area contributed by atoms with Crippen molar-refractivity contribution in [3.05, 3.63) is 103 Å². The van der Waals surface area contributed by atoms with E-state index in [4.69, 9.17) is 4.42 Å². The SMILES string of the molecule is O=C(C=Cc1ccc(-c2ccccc2)o1)Nc1cccc(-c2nc3ccccc3s2)c1. The Hall–Kier alpha value is -3.96. The van der Waals surface area contributed by atoms with Crippen LogP contribution in [-0.2, 0) is 4.79 Å². The summed E-state index contributed by atoms with van der Waals surface area (Å²) < 4.78 is 6.94. The number of rotatable bonds is 5. The molecule has 1 amide bonds. The summed E-state index contributed by atoms with van der Waals surface area (Å²) in [5.41, 5.74) is 3.67. The fraction of sp³-hybridized carbons (Fsp3) is 0. The van der Waals surface area contributed by atoms with Crippen LogP contribution in [0.1, 0.15) is 5.76 Å². The first kappa shape index (κ1) is 19.0. The molecule has 2 heterocycles. The molecule has 0 saturated heterocycles. The molecule has 0 aliphatic heterocycles. The van der Waals surface area contributed by atoms with E-state index in [9.17, 15) is 4.79 Å². The number of anilines is 1. The number of benzene rings is 3. The molecule has 3 aromatic carbocycles. The van der Waals surface area contributed by atoms with Crippen LogP contribution in [0.5, 0.6) is 0 Å². The van der Waals surface area contributed by atoms with Crippen LogP contribution >= 0.6 is 11.3 Å². The van der Waals surface area contributed by atoms with E-state index in [-0.39, 0.29) is 5.91 Å². The van der Waals surface area contributed by atoms with Gasteiger partial charge in [-0.25, -0.2) is 4.98 Å². The zero-order valence-electron chi connectivity index (χ0n) is 16.5. The number of nitrogens with one attached hydrogen (secondary N) is 1. The Labute approximate surface area is 183 Å². The van der Waals surface area contributed by atoms with Gasteiger partial charge in [-0.05, 0) is 42.5 Å². The van der Waals surface area contributed by atoms with Crippen LogP contribution in [0.2, 0.25) is 0 Å². The van der Waals surface area contributed by atoms with E-state index in [0.717, 1.165) is 37.8 Å². The molecule has 1 N–H and O–H groups in total. The smallest absolute Gasteiger partial charge is 0.248 e. The summed E-state index contributed by atoms with van der Waals surface area (Å²) in [6.07, 6.45) is 3.14. The van der Waals surface area contributed by atoms with Crippen LogP contribution in [0.15, 0.2) is 101 Å². The molecule has 0 spiro atoms. The molecule has 0 aliphatic rings. The van der Waals surface area contributed by atoms with E-state index in [1.165, 1.54) is 6.08 Å². The lowest BCUT2D eigenvalue weighted by Gasteiger charge is -2.04. The van der Waals surface area contributed by atoms with Gasteiger partial charge in [-0.15, -0.1) is 11.3 Å². The van der Waals surface area contributed by atoms with Gasteiger partial charge >= 0.3 is 0 Å². The number of para-hydroxylation sites is 1. The molecule has 5 rings (SSSR count). The Morgan fingerprint density at radius 3 is 2.55 bits per heavy atom. The van der Waals surface area contributed by atoms with Gasteiger partial charge in [0, 0.05) is 22.9 Å². The Morgan fingerprint density at radius 1 is 0.871 bits per heavy atom. The fourth-order valence-corrected chi connectivity index (χ4v) is 4.23. The van der Waals surface area contributed by atoms with Gasteiger partial charge in [-0.3, -0.25) is 4.79 Å². The molecule has 0 atom stereocenters. The maximum atomic E-state index is 12.4. The topological polar surface area (TPSA) is 55.1 Å². The first-order chi connectivity index (χ1) is 15.2. The molecule has 0 aliphatic carbocycles. The maximum Gasteiger partial charge on any atom is 0.248 e. The van der Waals surface area contributed by atoms with Gasteiger partial charge in [0.05, 0.1) is 10.2 Å². The van der Waals surface area contributed by atoms with E-state index in [1.54, 1.807) is 17.4 Å². The highest BCUT2D eigenvalue weighted by molar-refractivity contribution is 7.21. The van der Waals surface area contributed by atoms with Crippen LogP contribution in [0.3, 0.4) is 0 Å². The normalized spacial score (nSPS) is 11.2. The summed E-state index contributed by atoms with van der Waals surface area (Å²) in [6.45, 7) is 0. The summed E-state index contributed by atoms with van der Waals surface area (Å²) in [5, 5.41) is 3.83. The number of furan rings is 1. The predicted molar refractivity (Wildman–Crippen MR) is 127 cm³/mol. The van der Waals surface area contributed by atoms with Crippen molar-refractivity contribution in [2.75, 3.05) is 5.32 Å². The molecule has 0 radical (unpaired) electrons. The zero-order valence-corrected chi connectivity index (χ0v) is 17.3. The minimum Gasteiger partial charge on any atom is -0.457 e. The van der Waals surface area contributed by atoms with Crippen LogP contribution in [-0.4, -0.2) is 10.9 Å². The molecular weight excluding hydrogens is 404 g/mol. The van der Waals surface area contributed by atoms with E-state index in [2.05, 4.69) is 16.4 Å². The number of hydrogen-bond acceptors (Lipinski definition) is 4. The molecule has 2 aromatic heterocycles. The lowest BCUT2D eigenvalue weighted by molar-refractivity contribution is -0.111. The third-order valence-corrected chi connectivity index (χ3v) is 5.84. The monoisotopic (exact) mass is 422 g/mol. The van der Waals surface area contributed by atoms with E-state index >= 15 is 0 Å². The maximum absolute atomic E-state index is 12.4. The number of thiazole rings is 1. The highest BCUT2D eigenvalue weighted by atomic mass is 32.1. The highest BCUT2D eigenvalue weighted by Gasteiger charge is 2.08. The summed E-state index contributed by atoms with van der Waals surface area (Å²) >= 11 is 1.64. The molecule has 0 bridgehead atoms. The Balaban J connectivity index is 1.28. The molecule has 5 aromatic rings. The third-order valence-electron chi connectivity index (χ3n) is 4.76. The summed E-state index contributed by atoms with van der Waals surface area (Å²) in [5.74, 6) is 1.17. The molecule has 4 nitrogen and oxygen atoms in total. The van der Waals surface area contributed by atoms with Crippen molar-refractivity contribution >= 4 is 39.2 Å². The molecule has 150 valence electrons. The van der Waals surface area contributed by atoms with Gasteiger partial charge < -0.3 is 9.73 Å². The van der Waals surface area contributed by atoms with Crippen LogP contribution < -0.4 is 5.32 Å². The number of fused-ring (bicyclic) bond motifs is 1. The summed E-state index contributed by atoms with van der Waals surface area (Å²) in [6, 6.07) is 29.4. The predicted octanol–water partition coefficient (Wildman–Crippen LogP) is 6.88. The second-order valence-electron chi connectivity index (χ2n) is 6.96. The zero-order chi connectivity index (χ0) is 21.0.